The van der Waals surface area contributed by atoms with Crippen LogP contribution in [0.3, 0.4) is 0 Å². The van der Waals surface area contributed by atoms with E-state index in [0.29, 0.717) is 53.5 Å². The summed E-state index contributed by atoms with van der Waals surface area (Å²) >= 11 is 0. The van der Waals surface area contributed by atoms with Crippen LogP contribution in [0, 0.1) is 17.3 Å². The zero-order valence-electron chi connectivity index (χ0n) is 32.7. The Kier molecular flexibility index (Phi) is 11.0. The molecule has 7 rings (SSSR count). The van der Waals surface area contributed by atoms with E-state index in [9.17, 15) is 27.6 Å². The highest BCUT2D eigenvalue weighted by molar-refractivity contribution is 7.91. The van der Waals surface area contributed by atoms with Gasteiger partial charge >= 0.3 is 6.09 Å². The number of hydrogen-bond donors (Lipinski definition) is 3. The lowest BCUT2D eigenvalue weighted by atomic mass is 9.85. The van der Waals surface area contributed by atoms with Crippen molar-refractivity contribution < 1.29 is 41.8 Å². The molecular weight excluding hydrogens is 741 g/mol. The Hall–Kier alpha value is -4.47. The molecule has 1 aromatic heterocycles. The minimum Gasteiger partial charge on any atom is -0.497 e. The van der Waals surface area contributed by atoms with E-state index < -0.39 is 74.1 Å². The van der Waals surface area contributed by atoms with E-state index in [4.69, 9.17) is 24.2 Å². The number of aromatic nitrogens is 2. The van der Waals surface area contributed by atoms with Crippen molar-refractivity contribution in [3.63, 3.8) is 0 Å². The highest BCUT2D eigenvalue weighted by Gasteiger charge is 2.62. The molecule has 3 saturated carbocycles. The Balaban J connectivity index is 1.22. The summed E-state index contributed by atoms with van der Waals surface area (Å²) in [5.74, 6) is -1.20. The first kappa shape index (κ1) is 39.8. The fourth-order valence-corrected chi connectivity index (χ4v) is 9.77. The largest absolute Gasteiger partial charge is 0.497 e. The Bertz CT molecular complexity index is 2000. The molecule has 4 fully saturated rings. The van der Waals surface area contributed by atoms with Gasteiger partial charge in [0.15, 0.2) is 0 Å². The number of nitrogens with one attached hydrogen (secondary N) is 3. The average molecular weight is 795 g/mol. The summed E-state index contributed by atoms with van der Waals surface area (Å²) in [6.45, 7) is 9.22. The fourth-order valence-electron chi connectivity index (χ4n) is 8.41. The van der Waals surface area contributed by atoms with E-state index in [-0.39, 0.29) is 25.5 Å². The molecule has 1 unspecified atom stereocenters. The number of methoxy groups -OCH3 is 1. The van der Waals surface area contributed by atoms with Gasteiger partial charge in [0, 0.05) is 18.4 Å². The second-order valence-electron chi connectivity index (χ2n) is 17.2. The number of hydrogen-bond acceptors (Lipinski definition) is 11. The van der Waals surface area contributed by atoms with E-state index in [1.54, 1.807) is 13.2 Å². The van der Waals surface area contributed by atoms with Crippen LogP contribution in [0.5, 0.6) is 11.6 Å². The molecule has 2 aliphatic heterocycles. The van der Waals surface area contributed by atoms with Gasteiger partial charge in [0.2, 0.25) is 27.7 Å². The summed E-state index contributed by atoms with van der Waals surface area (Å²) in [4.78, 5) is 67.3. The number of aryl methyl sites for hydroxylation is 1. The average Bonchev–Trinajstić information content (AvgIpc) is 4.04. The Morgan fingerprint density at radius 1 is 1.02 bits per heavy atom. The summed E-state index contributed by atoms with van der Waals surface area (Å²) in [6, 6.07) is 3.21. The van der Waals surface area contributed by atoms with E-state index in [1.165, 1.54) is 11.0 Å². The maximum absolute atomic E-state index is 14.7. The molecule has 7 atom stereocenters. The van der Waals surface area contributed by atoms with Gasteiger partial charge in [-0.05, 0) is 74.8 Å². The van der Waals surface area contributed by atoms with Gasteiger partial charge in [-0.1, -0.05) is 46.1 Å². The molecule has 4 amide bonds. The number of fused-ring (bicyclic) bond motifs is 6. The molecule has 5 aliphatic rings. The number of carbonyl (C=O) groups is 4. The summed E-state index contributed by atoms with van der Waals surface area (Å²) in [5.41, 5.74) is -0.446. The highest BCUT2D eigenvalue weighted by Crippen LogP contribution is 2.46. The SMILES string of the molecule is C=C[C@H]1C[C@@]1(NC(=O)[C@@H]1C[C@@H]2CN1C(=O)[C@@H](C(C)(C)C)NC(=O)O[C@@H]1CCC(CCCCCc3nc4ccc(OC)cc4nc3O2)C1)C(=O)NS(=O)(=O)C1CC1. The van der Waals surface area contributed by atoms with Crippen molar-refractivity contribution in [2.75, 3.05) is 13.7 Å². The summed E-state index contributed by atoms with van der Waals surface area (Å²) in [6.07, 6.45) is 7.88. The monoisotopic (exact) mass is 794 g/mol. The van der Waals surface area contributed by atoms with Gasteiger partial charge < -0.3 is 29.7 Å². The fraction of sp³-hybridized carbons (Fsp3) is 0.650. The van der Waals surface area contributed by atoms with Gasteiger partial charge in [-0.2, -0.15) is 0 Å². The Morgan fingerprint density at radius 3 is 2.50 bits per heavy atom. The first-order valence-corrected chi connectivity index (χ1v) is 21.4. The molecule has 1 aromatic carbocycles. The number of sulfonamides is 1. The second kappa shape index (κ2) is 15.5. The van der Waals surface area contributed by atoms with Crippen LogP contribution in [-0.2, 0) is 35.6 Å². The van der Waals surface area contributed by atoms with Gasteiger partial charge in [0.25, 0.3) is 5.91 Å². The Labute approximate surface area is 328 Å². The minimum absolute atomic E-state index is 0.0242. The molecule has 2 aromatic rings. The van der Waals surface area contributed by atoms with Crippen molar-refractivity contribution in [2.45, 2.75) is 133 Å². The number of benzene rings is 1. The zero-order chi connectivity index (χ0) is 40.0. The van der Waals surface area contributed by atoms with Gasteiger partial charge in [-0.3, -0.25) is 19.1 Å². The maximum atomic E-state index is 14.7. The number of rotatable bonds is 7. The molecule has 4 bridgehead atoms. The second-order valence-corrected chi connectivity index (χ2v) is 19.2. The highest BCUT2D eigenvalue weighted by atomic mass is 32.2. The first-order chi connectivity index (χ1) is 26.6. The van der Waals surface area contributed by atoms with Gasteiger partial charge in [0.05, 0.1) is 29.9 Å². The van der Waals surface area contributed by atoms with Crippen molar-refractivity contribution in [3.05, 3.63) is 36.5 Å². The van der Waals surface area contributed by atoms with E-state index in [0.717, 1.165) is 44.9 Å². The van der Waals surface area contributed by atoms with E-state index >= 15 is 0 Å². The molecule has 0 spiro atoms. The molecule has 1 saturated heterocycles. The van der Waals surface area contributed by atoms with Crippen molar-refractivity contribution in [3.8, 4) is 11.6 Å². The van der Waals surface area contributed by atoms with Gasteiger partial charge in [-0.25, -0.2) is 23.2 Å². The maximum Gasteiger partial charge on any atom is 0.408 e. The molecule has 3 heterocycles. The number of carbonyl (C=O) groups excluding carboxylic acids is 4. The third-order valence-electron chi connectivity index (χ3n) is 12.0. The molecule has 304 valence electrons. The predicted molar refractivity (Wildman–Crippen MR) is 206 cm³/mol. The lowest BCUT2D eigenvalue weighted by Crippen LogP contribution is -2.60. The summed E-state index contributed by atoms with van der Waals surface area (Å²) in [5, 5.41) is 5.01. The predicted octanol–water partition coefficient (Wildman–Crippen LogP) is 4.08. The van der Waals surface area contributed by atoms with E-state index in [2.05, 4.69) is 21.9 Å². The van der Waals surface area contributed by atoms with Crippen molar-refractivity contribution in [2.24, 2.45) is 17.3 Å². The number of alkyl carbamates (subject to hydrolysis) is 1. The third-order valence-corrected chi connectivity index (χ3v) is 13.8. The van der Waals surface area contributed by atoms with Crippen LogP contribution in [0.25, 0.3) is 11.0 Å². The molecule has 0 radical (unpaired) electrons. The van der Waals surface area contributed by atoms with Gasteiger partial charge in [-0.15, -0.1) is 6.58 Å². The Morgan fingerprint density at radius 2 is 1.80 bits per heavy atom. The molecule has 3 aliphatic carbocycles. The molecule has 15 nitrogen and oxygen atoms in total. The van der Waals surface area contributed by atoms with Crippen molar-refractivity contribution in [1.29, 1.82) is 0 Å². The van der Waals surface area contributed by atoms with Crippen LogP contribution in [0.15, 0.2) is 30.9 Å². The number of amides is 4. The minimum atomic E-state index is -3.90. The first-order valence-electron chi connectivity index (χ1n) is 19.9. The standard InChI is InChI=1S/C40H54N6O9S/c1-6-24-21-40(24,37(49)45-56(51,52)28-15-16-28)44-34(47)32-20-27-22-46(32)36(48)33(39(2,3)4)43-38(50)55-26-13-12-23(18-26)10-8-7-9-11-30-35(54-27)42-31-19-25(53-5)14-17-29(31)41-30/h6,14,17,19,23-24,26-28,32-33H,1,7-13,15-16,18,20-22H2,2-5H3,(H,43,50)(H,44,47)(H,45,49)/t23?,24-,26+,27+,32-,33-,40-/m0/s1. The van der Waals surface area contributed by atoms with Crippen LogP contribution >= 0.6 is 0 Å². The van der Waals surface area contributed by atoms with Crippen molar-refractivity contribution in [1.82, 2.24) is 30.2 Å². The number of ether oxygens (including phenoxy) is 3. The van der Waals surface area contributed by atoms with Crippen LogP contribution in [0.2, 0.25) is 0 Å². The lowest BCUT2D eigenvalue weighted by Gasteiger charge is -2.35. The lowest BCUT2D eigenvalue weighted by molar-refractivity contribution is -0.143. The molecule has 56 heavy (non-hydrogen) atoms. The van der Waals surface area contributed by atoms with Crippen LogP contribution in [0.1, 0.15) is 97.1 Å². The van der Waals surface area contributed by atoms with Crippen LogP contribution < -0.4 is 24.8 Å². The smallest absolute Gasteiger partial charge is 0.408 e. The third kappa shape index (κ3) is 8.44. The van der Waals surface area contributed by atoms with Crippen LogP contribution in [0.4, 0.5) is 4.79 Å². The van der Waals surface area contributed by atoms with Crippen molar-refractivity contribution >= 4 is 44.9 Å². The van der Waals surface area contributed by atoms with Gasteiger partial charge in [0.1, 0.15) is 41.3 Å². The zero-order valence-corrected chi connectivity index (χ0v) is 33.5. The van der Waals surface area contributed by atoms with E-state index in [1.807, 2.05) is 32.9 Å². The summed E-state index contributed by atoms with van der Waals surface area (Å²) in [7, 11) is -2.33. The molecule has 16 heteroatoms. The summed E-state index contributed by atoms with van der Waals surface area (Å²) < 4.78 is 45.6. The number of nitrogens with zero attached hydrogens (tertiary/aromatic N) is 3. The quantitative estimate of drug-likeness (QED) is 0.342. The van der Waals surface area contributed by atoms with Crippen LogP contribution in [-0.4, -0.2) is 95.8 Å². The molecular formula is C40H54N6O9S. The topological polar surface area (TPSA) is 195 Å². The normalized spacial score (nSPS) is 30.0. The molecule has 3 N–H and O–H groups in total.